The molecule has 4 nitrogen and oxygen atoms in total. The van der Waals surface area contributed by atoms with Crippen LogP contribution in [0.15, 0.2) is 12.1 Å². The van der Waals surface area contributed by atoms with Crippen LogP contribution in [0.3, 0.4) is 0 Å². The smallest absolute Gasteiger partial charge is 0.303 e. The Morgan fingerprint density at radius 2 is 1.95 bits per heavy atom. The molecule has 20 heavy (non-hydrogen) atoms. The lowest BCUT2D eigenvalue weighted by atomic mass is 10.2. The van der Waals surface area contributed by atoms with Crippen LogP contribution >= 0.6 is 23.2 Å². The minimum atomic E-state index is -0.750. The fourth-order valence-corrected chi connectivity index (χ4v) is 2.68. The first-order valence-electron chi connectivity index (χ1n) is 6.47. The van der Waals surface area contributed by atoms with Crippen molar-refractivity contribution in [3.63, 3.8) is 0 Å². The number of benzene rings is 1. The molecule has 0 atom stereocenters. The quantitative estimate of drug-likeness (QED) is 0.679. The number of rotatable bonds is 5. The highest BCUT2D eigenvalue weighted by Gasteiger charge is 2.20. The summed E-state index contributed by atoms with van der Waals surface area (Å²) in [4.78, 5) is 10.5. The van der Waals surface area contributed by atoms with E-state index in [1.165, 1.54) is 0 Å². The maximum absolute atomic E-state index is 10.5. The maximum Gasteiger partial charge on any atom is 0.303 e. The van der Waals surface area contributed by atoms with Crippen LogP contribution < -0.4 is 4.57 Å². The number of carboxylic acid groups (broad SMARTS) is 1. The third-order valence-electron chi connectivity index (χ3n) is 3.57. The molecule has 1 heterocycles. The molecular weight excluding hydrogens is 299 g/mol. The van der Waals surface area contributed by atoms with Crippen LogP contribution in [0.4, 0.5) is 0 Å². The van der Waals surface area contributed by atoms with Gasteiger partial charge in [0.05, 0.1) is 23.6 Å². The van der Waals surface area contributed by atoms with Crippen molar-refractivity contribution >= 4 is 40.2 Å². The van der Waals surface area contributed by atoms with Gasteiger partial charge < -0.3 is 5.11 Å². The van der Waals surface area contributed by atoms with Crippen LogP contribution in [0.25, 0.3) is 11.0 Å². The Morgan fingerprint density at radius 3 is 2.60 bits per heavy atom. The third-order valence-corrected chi connectivity index (χ3v) is 4.29. The Bertz CT molecular complexity index is 665. The van der Waals surface area contributed by atoms with Gasteiger partial charge in [0.1, 0.15) is 0 Å². The van der Waals surface area contributed by atoms with Crippen molar-refractivity contribution in [2.24, 2.45) is 7.05 Å². The fourth-order valence-electron chi connectivity index (χ4n) is 2.37. The van der Waals surface area contributed by atoms with E-state index in [4.69, 9.17) is 28.3 Å². The molecule has 1 aromatic carbocycles. The standard InChI is InChI=1S/C14H16Cl2N2O2/c1-9-17(2)12-7-10(15)11(16)8-13(12)18(9)6-4-3-5-14(19)20/h7-8H,3-6H2,1-2H3/p+1. The Morgan fingerprint density at radius 1 is 1.30 bits per heavy atom. The predicted octanol–water partition coefficient (Wildman–Crippen LogP) is 3.34. The van der Waals surface area contributed by atoms with E-state index in [2.05, 4.69) is 9.13 Å². The molecule has 2 aromatic rings. The number of aryl methyl sites for hydroxylation is 2. The number of carboxylic acids is 1. The summed E-state index contributed by atoms with van der Waals surface area (Å²) in [5.74, 6) is 0.341. The number of fused-ring (bicyclic) bond motifs is 1. The van der Waals surface area contributed by atoms with Crippen LogP contribution in [-0.4, -0.2) is 15.6 Å². The van der Waals surface area contributed by atoms with Crippen molar-refractivity contribution in [1.29, 1.82) is 0 Å². The lowest BCUT2D eigenvalue weighted by Crippen LogP contribution is -2.36. The Hall–Kier alpha value is -1.26. The Balaban J connectivity index is 2.30. The van der Waals surface area contributed by atoms with Gasteiger partial charge in [-0.3, -0.25) is 4.79 Å². The van der Waals surface area contributed by atoms with Gasteiger partial charge in [-0.1, -0.05) is 23.2 Å². The summed E-state index contributed by atoms with van der Waals surface area (Å²) >= 11 is 12.2. The molecule has 0 spiro atoms. The van der Waals surface area contributed by atoms with E-state index in [0.717, 1.165) is 29.8 Å². The zero-order chi connectivity index (χ0) is 14.9. The number of imidazole rings is 1. The molecule has 0 aliphatic rings. The minimum Gasteiger partial charge on any atom is -0.481 e. The molecule has 0 radical (unpaired) electrons. The van der Waals surface area contributed by atoms with Gasteiger partial charge in [-0.15, -0.1) is 0 Å². The molecule has 1 N–H and O–H groups in total. The maximum atomic E-state index is 10.5. The van der Waals surface area contributed by atoms with Gasteiger partial charge in [0.25, 0.3) is 5.82 Å². The van der Waals surface area contributed by atoms with Crippen molar-refractivity contribution in [3.8, 4) is 0 Å². The van der Waals surface area contributed by atoms with Gasteiger partial charge in [0.2, 0.25) is 0 Å². The Kier molecular flexibility index (Phi) is 4.55. The van der Waals surface area contributed by atoms with E-state index in [-0.39, 0.29) is 6.42 Å². The monoisotopic (exact) mass is 315 g/mol. The highest BCUT2D eigenvalue weighted by molar-refractivity contribution is 6.42. The normalized spacial score (nSPS) is 11.2. The third kappa shape index (κ3) is 2.91. The molecule has 1 aromatic heterocycles. The van der Waals surface area contributed by atoms with Gasteiger partial charge in [-0.05, 0) is 12.8 Å². The Labute approximate surface area is 127 Å². The molecule has 0 saturated heterocycles. The lowest BCUT2D eigenvalue weighted by molar-refractivity contribution is -0.678. The molecule has 0 aliphatic heterocycles. The molecular formula is C14H17Cl2N2O2+. The number of aromatic nitrogens is 2. The van der Waals surface area contributed by atoms with Gasteiger partial charge in [-0.25, -0.2) is 9.13 Å². The number of nitrogens with zero attached hydrogens (tertiary/aromatic N) is 2. The van der Waals surface area contributed by atoms with Crippen LogP contribution in [0.1, 0.15) is 25.1 Å². The molecule has 0 saturated carbocycles. The average molecular weight is 316 g/mol. The van der Waals surface area contributed by atoms with Crippen molar-refractivity contribution in [3.05, 3.63) is 28.0 Å². The summed E-state index contributed by atoms with van der Waals surface area (Å²) < 4.78 is 4.22. The van der Waals surface area contributed by atoms with Crippen LogP contribution in [0, 0.1) is 6.92 Å². The fraction of sp³-hybridized carbons (Fsp3) is 0.429. The number of unbranched alkanes of at least 4 members (excludes halogenated alkanes) is 1. The van der Waals surface area contributed by atoms with Crippen molar-refractivity contribution < 1.29 is 14.5 Å². The van der Waals surface area contributed by atoms with Crippen molar-refractivity contribution in [2.75, 3.05) is 0 Å². The number of hydrogen-bond acceptors (Lipinski definition) is 1. The molecule has 0 aliphatic carbocycles. The lowest BCUT2D eigenvalue weighted by Gasteiger charge is -2.00. The van der Waals surface area contributed by atoms with Crippen LogP contribution in [0.2, 0.25) is 10.0 Å². The largest absolute Gasteiger partial charge is 0.481 e. The zero-order valence-electron chi connectivity index (χ0n) is 11.5. The number of hydrogen-bond donors (Lipinski definition) is 1. The van der Waals surface area contributed by atoms with Gasteiger partial charge in [0, 0.05) is 25.5 Å². The van der Waals surface area contributed by atoms with Gasteiger partial charge in [-0.2, -0.15) is 0 Å². The topological polar surface area (TPSA) is 46.1 Å². The first kappa shape index (κ1) is 15.1. The second-order valence-corrected chi connectivity index (χ2v) is 5.68. The molecule has 2 rings (SSSR count). The minimum absolute atomic E-state index is 0.205. The van der Waals surface area contributed by atoms with E-state index < -0.39 is 5.97 Å². The summed E-state index contributed by atoms with van der Waals surface area (Å²) in [6.07, 6.45) is 1.69. The number of halogens is 2. The summed E-state index contributed by atoms with van der Waals surface area (Å²) in [7, 11) is 1.98. The molecule has 0 fully saturated rings. The molecule has 0 amide bonds. The zero-order valence-corrected chi connectivity index (χ0v) is 13.0. The van der Waals surface area contributed by atoms with E-state index >= 15 is 0 Å². The van der Waals surface area contributed by atoms with Crippen LogP contribution in [0.5, 0.6) is 0 Å². The number of aliphatic carboxylic acids is 1. The first-order valence-corrected chi connectivity index (χ1v) is 7.23. The number of carbonyl (C=O) groups is 1. The molecule has 6 heteroatoms. The molecule has 0 bridgehead atoms. The second kappa shape index (κ2) is 6.02. The summed E-state index contributed by atoms with van der Waals surface area (Å²) in [5.41, 5.74) is 2.05. The van der Waals surface area contributed by atoms with Crippen molar-refractivity contribution in [1.82, 2.24) is 4.57 Å². The predicted molar refractivity (Wildman–Crippen MR) is 79.4 cm³/mol. The van der Waals surface area contributed by atoms with Crippen molar-refractivity contribution in [2.45, 2.75) is 32.7 Å². The molecule has 108 valence electrons. The molecule has 0 unspecified atom stereocenters. The van der Waals surface area contributed by atoms with E-state index in [9.17, 15) is 4.79 Å². The summed E-state index contributed by atoms with van der Waals surface area (Å²) in [6, 6.07) is 3.73. The average Bonchev–Trinajstić information content (AvgIpc) is 2.60. The second-order valence-electron chi connectivity index (χ2n) is 4.86. The van der Waals surface area contributed by atoms with E-state index in [0.29, 0.717) is 16.5 Å². The summed E-state index contributed by atoms with van der Waals surface area (Å²) in [5, 5.41) is 9.74. The van der Waals surface area contributed by atoms with Gasteiger partial charge in [0.15, 0.2) is 11.0 Å². The van der Waals surface area contributed by atoms with E-state index in [1.807, 2.05) is 26.1 Å². The highest BCUT2D eigenvalue weighted by Crippen LogP contribution is 2.27. The SMILES string of the molecule is Cc1n(C)c2cc(Cl)c(Cl)cc2[n+]1CCCCC(=O)O. The summed E-state index contributed by atoms with van der Waals surface area (Å²) in [6.45, 7) is 2.80. The van der Waals surface area contributed by atoms with E-state index in [1.54, 1.807) is 0 Å². The van der Waals surface area contributed by atoms with Crippen LogP contribution in [-0.2, 0) is 18.4 Å². The highest BCUT2D eigenvalue weighted by atomic mass is 35.5. The van der Waals surface area contributed by atoms with Gasteiger partial charge >= 0.3 is 5.97 Å². The first-order chi connectivity index (χ1) is 9.41.